The molecule has 0 aliphatic carbocycles. The highest BCUT2D eigenvalue weighted by Gasteiger charge is 2.27. The van der Waals surface area contributed by atoms with Gasteiger partial charge in [0.2, 0.25) is 11.7 Å². The fourth-order valence-electron chi connectivity index (χ4n) is 2.35. The topological polar surface area (TPSA) is 90.9 Å². The second kappa shape index (κ2) is 6.12. The standard InChI is InChI=1S/C16H15NO6/c1-9-11-6-10(2-3-12(11)17-15(9)19)13(18)7-23-16(20)14-8-21-4-5-22-14/h2-3,6,8-9H,4-5,7H2,1H3,(H,17,19)/t9-/m0/s1. The van der Waals surface area contributed by atoms with E-state index in [1.54, 1.807) is 25.1 Å². The molecule has 0 saturated carbocycles. The lowest BCUT2D eigenvalue weighted by molar-refractivity contribution is -0.143. The van der Waals surface area contributed by atoms with Crippen LogP contribution in [0, 0.1) is 0 Å². The predicted molar refractivity (Wildman–Crippen MR) is 78.8 cm³/mol. The molecule has 1 amide bonds. The number of ketones is 1. The number of nitrogens with one attached hydrogen (secondary N) is 1. The minimum absolute atomic E-state index is 0.0542. The van der Waals surface area contributed by atoms with Gasteiger partial charge in [-0.2, -0.15) is 0 Å². The maximum Gasteiger partial charge on any atom is 0.377 e. The van der Waals surface area contributed by atoms with E-state index in [0.717, 1.165) is 5.56 Å². The van der Waals surface area contributed by atoms with Crippen LogP contribution in [0.15, 0.2) is 30.2 Å². The Morgan fingerprint density at radius 2 is 2.17 bits per heavy atom. The SMILES string of the molecule is C[C@@H]1C(=O)Nc2ccc(C(=O)COC(=O)C3=COCCO3)cc21. The first kappa shape index (κ1) is 15.1. The third-order valence-corrected chi connectivity index (χ3v) is 3.68. The van der Waals surface area contributed by atoms with Crippen LogP contribution in [0.25, 0.3) is 0 Å². The number of rotatable bonds is 4. The molecule has 2 aliphatic rings. The fraction of sp³-hybridized carbons (Fsp3) is 0.312. The van der Waals surface area contributed by atoms with Gasteiger partial charge >= 0.3 is 5.97 Å². The molecule has 2 aliphatic heterocycles. The average molecular weight is 317 g/mol. The van der Waals surface area contributed by atoms with Crippen molar-refractivity contribution in [1.82, 2.24) is 0 Å². The molecule has 7 heteroatoms. The summed E-state index contributed by atoms with van der Waals surface area (Å²) in [5.41, 5.74) is 1.85. The number of fused-ring (bicyclic) bond motifs is 1. The Morgan fingerprint density at radius 1 is 1.35 bits per heavy atom. The van der Waals surface area contributed by atoms with E-state index in [9.17, 15) is 14.4 Å². The largest absolute Gasteiger partial charge is 0.493 e. The Hall–Kier alpha value is -2.83. The van der Waals surface area contributed by atoms with Crippen molar-refractivity contribution in [2.75, 3.05) is 25.1 Å². The smallest absolute Gasteiger partial charge is 0.377 e. The van der Waals surface area contributed by atoms with Gasteiger partial charge in [-0.25, -0.2) is 4.79 Å². The van der Waals surface area contributed by atoms with Crippen molar-refractivity contribution in [3.63, 3.8) is 0 Å². The number of hydrogen-bond acceptors (Lipinski definition) is 6. The Kier molecular flexibility index (Phi) is 4.01. The maximum absolute atomic E-state index is 12.1. The minimum Gasteiger partial charge on any atom is -0.493 e. The quantitative estimate of drug-likeness (QED) is 0.666. The Morgan fingerprint density at radius 3 is 2.91 bits per heavy atom. The highest BCUT2D eigenvalue weighted by atomic mass is 16.6. The summed E-state index contributed by atoms with van der Waals surface area (Å²) in [6, 6.07) is 4.91. The van der Waals surface area contributed by atoms with Crippen molar-refractivity contribution in [2.45, 2.75) is 12.8 Å². The van der Waals surface area contributed by atoms with Crippen LogP contribution in [0.1, 0.15) is 28.8 Å². The van der Waals surface area contributed by atoms with Crippen LogP contribution >= 0.6 is 0 Å². The van der Waals surface area contributed by atoms with Gasteiger partial charge in [-0.1, -0.05) is 0 Å². The Balaban J connectivity index is 1.64. The van der Waals surface area contributed by atoms with E-state index < -0.39 is 12.6 Å². The molecule has 0 fully saturated rings. The van der Waals surface area contributed by atoms with E-state index in [-0.39, 0.29) is 30.0 Å². The van der Waals surface area contributed by atoms with Crippen LogP contribution in [0.3, 0.4) is 0 Å². The summed E-state index contributed by atoms with van der Waals surface area (Å²) in [6.45, 7) is 1.99. The normalized spacial score (nSPS) is 18.9. The molecule has 1 N–H and O–H groups in total. The summed E-state index contributed by atoms with van der Waals surface area (Å²) in [6.07, 6.45) is 1.17. The van der Waals surface area contributed by atoms with Crippen molar-refractivity contribution in [3.05, 3.63) is 41.3 Å². The molecule has 23 heavy (non-hydrogen) atoms. The highest BCUT2D eigenvalue weighted by Crippen LogP contribution is 2.32. The molecule has 0 bridgehead atoms. The minimum atomic E-state index is -0.746. The van der Waals surface area contributed by atoms with Gasteiger partial charge in [-0.3, -0.25) is 9.59 Å². The number of carbonyl (C=O) groups excluding carboxylic acids is 3. The fourth-order valence-corrected chi connectivity index (χ4v) is 2.35. The lowest BCUT2D eigenvalue weighted by Gasteiger charge is -2.14. The molecule has 120 valence electrons. The first-order chi connectivity index (χ1) is 11.1. The summed E-state index contributed by atoms with van der Waals surface area (Å²) in [4.78, 5) is 35.5. The molecule has 7 nitrogen and oxygen atoms in total. The number of carbonyl (C=O) groups is 3. The lowest BCUT2D eigenvalue weighted by Crippen LogP contribution is -2.20. The molecule has 0 spiro atoms. The van der Waals surface area contributed by atoms with Gasteiger partial charge in [-0.15, -0.1) is 0 Å². The third-order valence-electron chi connectivity index (χ3n) is 3.68. The molecule has 2 heterocycles. The summed E-state index contributed by atoms with van der Waals surface area (Å²) >= 11 is 0. The van der Waals surface area contributed by atoms with Gasteiger partial charge in [0.25, 0.3) is 0 Å². The molecular formula is C16H15NO6. The van der Waals surface area contributed by atoms with Crippen LogP contribution in [0.4, 0.5) is 5.69 Å². The number of esters is 1. The number of amides is 1. The summed E-state index contributed by atoms with van der Waals surface area (Å²) in [5, 5.41) is 2.73. The lowest BCUT2D eigenvalue weighted by atomic mass is 9.99. The van der Waals surface area contributed by atoms with E-state index in [2.05, 4.69) is 5.32 Å². The van der Waals surface area contributed by atoms with E-state index in [1.807, 2.05) is 0 Å². The van der Waals surface area contributed by atoms with Crippen LogP contribution in [0.5, 0.6) is 0 Å². The average Bonchev–Trinajstić information content (AvgIpc) is 2.87. The van der Waals surface area contributed by atoms with Gasteiger partial charge in [0.1, 0.15) is 19.5 Å². The first-order valence-electron chi connectivity index (χ1n) is 7.16. The van der Waals surface area contributed by atoms with Crippen molar-refractivity contribution >= 4 is 23.3 Å². The molecule has 0 radical (unpaired) electrons. The third kappa shape index (κ3) is 3.03. The van der Waals surface area contributed by atoms with Gasteiger partial charge < -0.3 is 19.5 Å². The monoisotopic (exact) mass is 317 g/mol. The molecule has 1 aromatic rings. The molecule has 0 saturated heterocycles. The highest BCUT2D eigenvalue weighted by molar-refractivity contribution is 6.05. The number of benzene rings is 1. The maximum atomic E-state index is 12.1. The number of ether oxygens (including phenoxy) is 3. The molecule has 0 unspecified atom stereocenters. The Labute approximate surface area is 132 Å². The summed E-state index contributed by atoms with van der Waals surface area (Å²) < 4.78 is 14.9. The number of Topliss-reactive ketones (excluding diaryl/α,β-unsaturated/α-hetero) is 1. The van der Waals surface area contributed by atoms with Crippen molar-refractivity contribution in [2.24, 2.45) is 0 Å². The summed E-state index contributed by atoms with van der Waals surface area (Å²) in [7, 11) is 0. The second-order valence-electron chi connectivity index (χ2n) is 5.21. The van der Waals surface area contributed by atoms with Crippen molar-refractivity contribution in [1.29, 1.82) is 0 Å². The van der Waals surface area contributed by atoms with Crippen LogP contribution < -0.4 is 5.32 Å². The van der Waals surface area contributed by atoms with Gasteiger partial charge in [0, 0.05) is 11.3 Å². The number of hydrogen-bond donors (Lipinski definition) is 1. The van der Waals surface area contributed by atoms with E-state index in [1.165, 1.54) is 6.26 Å². The van der Waals surface area contributed by atoms with Crippen molar-refractivity contribution in [3.8, 4) is 0 Å². The van der Waals surface area contributed by atoms with Gasteiger partial charge in [0.05, 0.1) is 5.92 Å². The second-order valence-corrected chi connectivity index (χ2v) is 5.21. The first-order valence-corrected chi connectivity index (χ1v) is 7.16. The summed E-state index contributed by atoms with van der Waals surface area (Å²) in [5.74, 6) is -1.56. The van der Waals surface area contributed by atoms with E-state index >= 15 is 0 Å². The predicted octanol–water partition coefficient (Wildman–Crippen LogP) is 1.36. The number of anilines is 1. The van der Waals surface area contributed by atoms with E-state index in [4.69, 9.17) is 14.2 Å². The molecule has 1 aromatic carbocycles. The van der Waals surface area contributed by atoms with Gasteiger partial charge in [0.15, 0.2) is 12.4 Å². The molecule has 0 aromatic heterocycles. The van der Waals surface area contributed by atoms with Crippen molar-refractivity contribution < 1.29 is 28.6 Å². The van der Waals surface area contributed by atoms with Gasteiger partial charge in [-0.05, 0) is 30.7 Å². The zero-order valence-electron chi connectivity index (χ0n) is 12.5. The molecule has 1 atom stereocenters. The van der Waals surface area contributed by atoms with E-state index in [0.29, 0.717) is 17.9 Å². The molecular weight excluding hydrogens is 302 g/mol. The van der Waals surface area contributed by atoms with Crippen LogP contribution in [0.2, 0.25) is 0 Å². The zero-order valence-corrected chi connectivity index (χ0v) is 12.5. The van der Waals surface area contributed by atoms with Crippen LogP contribution in [-0.2, 0) is 23.8 Å². The molecule has 3 rings (SSSR count). The van der Waals surface area contributed by atoms with Crippen LogP contribution in [-0.4, -0.2) is 37.5 Å². The Bertz CT molecular complexity index is 709. The zero-order chi connectivity index (χ0) is 16.4.